The maximum absolute atomic E-state index is 11.7. The van der Waals surface area contributed by atoms with Gasteiger partial charge in [0.2, 0.25) is 5.91 Å². The quantitative estimate of drug-likeness (QED) is 0.893. The van der Waals surface area contributed by atoms with Crippen LogP contribution in [0.15, 0.2) is 18.2 Å². The van der Waals surface area contributed by atoms with Crippen LogP contribution in [0, 0.1) is 13.8 Å². The molecule has 1 aromatic carbocycles. The Balaban J connectivity index is 2.85. The number of rotatable bonds is 3. The number of sulfone groups is 1. The van der Waals surface area contributed by atoms with Crippen molar-refractivity contribution in [3.63, 3.8) is 0 Å². The second kappa shape index (κ2) is 4.87. The number of nitrogens with one attached hydrogen (secondary N) is 1. The monoisotopic (exact) mass is 255 g/mol. The Morgan fingerprint density at radius 2 is 1.82 bits per heavy atom. The fraction of sp³-hybridized carbons (Fsp3) is 0.417. The Hall–Kier alpha value is -1.36. The summed E-state index contributed by atoms with van der Waals surface area (Å²) in [5.41, 5.74) is 2.79. The van der Waals surface area contributed by atoms with E-state index in [0.29, 0.717) is 5.69 Å². The van der Waals surface area contributed by atoms with E-state index >= 15 is 0 Å². The molecular formula is C12H17NO3S. The molecule has 5 heteroatoms. The van der Waals surface area contributed by atoms with E-state index in [9.17, 15) is 13.2 Å². The Labute approximate surface area is 102 Å². The van der Waals surface area contributed by atoms with Crippen molar-refractivity contribution >= 4 is 21.4 Å². The van der Waals surface area contributed by atoms with Crippen LogP contribution in [0.25, 0.3) is 0 Å². The van der Waals surface area contributed by atoms with E-state index in [1.165, 1.54) is 6.92 Å². The lowest BCUT2D eigenvalue weighted by molar-refractivity contribution is -0.115. The molecule has 0 aliphatic heterocycles. The van der Waals surface area contributed by atoms with Crippen LogP contribution in [-0.2, 0) is 14.6 Å². The molecule has 0 saturated carbocycles. The predicted octanol–water partition coefficient (Wildman–Crippen LogP) is 1.68. The summed E-state index contributed by atoms with van der Waals surface area (Å²) in [7, 11) is -3.35. The third-order valence-corrected chi connectivity index (χ3v) is 4.28. The van der Waals surface area contributed by atoms with Gasteiger partial charge in [0.1, 0.15) is 5.25 Å². The maximum atomic E-state index is 11.7. The van der Waals surface area contributed by atoms with Crippen LogP contribution in [0.4, 0.5) is 5.69 Å². The number of anilines is 1. The van der Waals surface area contributed by atoms with Gasteiger partial charge in [-0.15, -0.1) is 0 Å². The van der Waals surface area contributed by atoms with Crippen LogP contribution >= 0.6 is 0 Å². The van der Waals surface area contributed by atoms with Crippen LogP contribution in [-0.4, -0.2) is 25.8 Å². The van der Waals surface area contributed by atoms with Crippen molar-refractivity contribution in [3.8, 4) is 0 Å². The van der Waals surface area contributed by atoms with E-state index in [4.69, 9.17) is 0 Å². The standard InChI is InChI=1S/C12H17NO3S/c1-8-5-6-11(7-9(8)2)13-12(14)10(3)17(4,15)16/h5-7,10H,1-4H3,(H,13,14)/t10-/m1/s1. The van der Waals surface area contributed by atoms with Crippen LogP contribution in [0.3, 0.4) is 0 Å². The van der Waals surface area contributed by atoms with E-state index in [0.717, 1.165) is 17.4 Å². The van der Waals surface area contributed by atoms with Gasteiger partial charge in [-0.25, -0.2) is 8.42 Å². The zero-order valence-electron chi connectivity index (χ0n) is 10.4. The minimum atomic E-state index is -3.35. The highest BCUT2D eigenvalue weighted by Crippen LogP contribution is 2.15. The summed E-state index contributed by atoms with van der Waals surface area (Å²) in [4.78, 5) is 11.7. The highest BCUT2D eigenvalue weighted by molar-refractivity contribution is 7.92. The number of carbonyl (C=O) groups excluding carboxylic acids is 1. The van der Waals surface area contributed by atoms with Crippen LogP contribution < -0.4 is 5.32 Å². The first-order valence-corrected chi connectivity index (χ1v) is 7.24. The van der Waals surface area contributed by atoms with Gasteiger partial charge in [0.25, 0.3) is 0 Å². The van der Waals surface area contributed by atoms with Crippen LogP contribution in [0.2, 0.25) is 0 Å². The summed E-state index contributed by atoms with van der Waals surface area (Å²) in [6.45, 7) is 5.29. The van der Waals surface area contributed by atoms with Gasteiger partial charge >= 0.3 is 0 Å². The Morgan fingerprint density at radius 1 is 1.24 bits per heavy atom. The second-order valence-electron chi connectivity index (χ2n) is 4.26. The van der Waals surface area contributed by atoms with E-state index in [1.54, 1.807) is 6.07 Å². The van der Waals surface area contributed by atoms with Gasteiger partial charge in [0.15, 0.2) is 9.84 Å². The highest BCUT2D eigenvalue weighted by atomic mass is 32.2. The van der Waals surface area contributed by atoms with Crippen molar-refractivity contribution in [2.45, 2.75) is 26.0 Å². The second-order valence-corrected chi connectivity index (χ2v) is 6.63. The molecule has 1 N–H and O–H groups in total. The number of hydrogen-bond acceptors (Lipinski definition) is 3. The molecule has 0 saturated heterocycles. The lowest BCUT2D eigenvalue weighted by atomic mass is 10.1. The third kappa shape index (κ3) is 3.56. The topological polar surface area (TPSA) is 63.2 Å². The minimum Gasteiger partial charge on any atom is -0.325 e. The summed E-state index contributed by atoms with van der Waals surface area (Å²) in [6, 6.07) is 5.47. The minimum absolute atomic E-state index is 0.504. The zero-order chi connectivity index (χ0) is 13.2. The molecule has 1 amide bonds. The predicted molar refractivity (Wildman–Crippen MR) is 68.9 cm³/mol. The SMILES string of the molecule is Cc1ccc(NC(=O)[C@@H](C)S(C)(=O)=O)cc1C. The first kappa shape index (κ1) is 13.7. The largest absolute Gasteiger partial charge is 0.325 e. The molecule has 1 atom stereocenters. The lowest BCUT2D eigenvalue weighted by Gasteiger charge is -2.11. The Morgan fingerprint density at radius 3 is 2.29 bits per heavy atom. The number of carbonyl (C=O) groups is 1. The molecule has 94 valence electrons. The summed E-state index contributed by atoms with van der Waals surface area (Å²) in [6.07, 6.45) is 1.05. The summed E-state index contributed by atoms with van der Waals surface area (Å²) < 4.78 is 22.4. The van der Waals surface area contributed by atoms with Gasteiger partial charge in [0, 0.05) is 11.9 Å². The first-order chi connectivity index (χ1) is 7.71. The summed E-state index contributed by atoms with van der Waals surface area (Å²) in [5.74, 6) is -0.504. The summed E-state index contributed by atoms with van der Waals surface area (Å²) >= 11 is 0. The maximum Gasteiger partial charge on any atom is 0.242 e. The molecule has 0 unspecified atom stereocenters. The molecule has 0 heterocycles. The first-order valence-electron chi connectivity index (χ1n) is 5.29. The normalized spacial score (nSPS) is 13.2. The third-order valence-electron chi connectivity index (χ3n) is 2.79. The van der Waals surface area contributed by atoms with Crippen LogP contribution in [0.1, 0.15) is 18.1 Å². The van der Waals surface area contributed by atoms with Crippen molar-refractivity contribution in [1.82, 2.24) is 0 Å². The Kier molecular flexibility index (Phi) is 3.93. The number of aryl methyl sites for hydroxylation is 2. The average molecular weight is 255 g/mol. The average Bonchev–Trinajstić information content (AvgIpc) is 2.21. The molecule has 1 aromatic rings. The molecule has 0 radical (unpaired) electrons. The van der Waals surface area contributed by atoms with Crippen molar-refractivity contribution < 1.29 is 13.2 Å². The molecule has 17 heavy (non-hydrogen) atoms. The lowest BCUT2D eigenvalue weighted by Crippen LogP contribution is -2.31. The van der Waals surface area contributed by atoms with Gasteiger partial charge < -0.3 is 5.32 Å². The summed E-state index contributed by atoms with van der Waals surface area (Å²) in [5, 5.41) is 1.56. The molecule has 0 aliphatic rings. The molecule has 0 fully saturated rings. The van der Waals surface area contributed by atoms with Crippen molar-refractivity contribution in [1.29, 1.82) is 0 Å². The van der Waals surface area contributed by atoms with E-state index in [1.807, 2.05) is 26.0 Å². The van der Waals surface area contributed by atoms with Crippen molar-refractivity contribution in [3.05, 3.63) is 29.3 Å². The van der Waals surface area contributed by atoms with Gasteiger partial charge in [0.05, 0.1) is 0 Å². The molecule has 0 aliphatic carbocycles. The van der Waals surface area contributed by atoms with E-state index in [2.05, 4.69) is 5.32 Å². The zero-order valence-corrected chi connectivity index (χ0v) is 11.3. The van der Waals surface area contributed by atoms with Crippen molar-refractivity contribution in [2.75, 3.05) is 11.6 Å². The van der Waals surface area contributed by atoms with Gasteiger partial charge in [-0.1, -0.05) is 6.07 Å². The molecule has 0 spiro atoms. The van der Waals surface area contributed by atoms with E-state index < -0.39 is 21.0 Å². The molecule has 4 nitrogen and oxygen atoms in total. The van der Waals surface area contributed by atoms with Crippen molar-refractivity contribution in [2.24, 2.45) is 0 Å². The smallest absolute Gasteiger partial charge is 0.242 e. The van der Waals surface area contributed by atoms with Gasteiger partial charge in [-0.2, -0.15) is 0 Å². The molecule has 0 aromatic heterocycles. The number of hydrogen-bond donors (Lipinski definition) is 1. The molecular weight excluding hydrogens is 238 g/mol. The number of benzene rings is 1. The fourth-order valence-corrected chi connectivity index (χ4v) is 1.71. The van der Waals surface area contributed by atoms with Gasteiger partial charge in [-0.05, 0) is 44.0 Å². The highest BCUT2D eigenvalue weighted by Gasteiger charge is 2.23. The Bertz CT molecular complexity index is 535. The molecule has 1 rings (SSSR count). The molecule has 0 bridgehead atoms. The van der Waals surface area contributed by atoms with Gasteiger partial charge in [-0.3, -0.25) is 4.79 Å². The van der Waals surface area contributed by atoms with Crippen LogP contribution in [0.5, 0.6) is 0 Å². The van der Waals surface area contributed by atoms with E-state index in [-0.39, 0.29) is 0 Å². The fourth-order valence-electron chi connectivity index (χ4n) is 1.26. The number of amides is 1.